The number of hydrogen-bond acceptors (Lipinski definition) is 2. The van der Waals surface area contributed by atoms with Gasteiger partial charge in [-0.3, -0.25) is 0 Å². The Hall–Kier alpha value is -0.780. The van der Waals surface area contributed by atoms with Crippen LogP contribution in [0.1, 0.15) is 5.56 Å². The lowest BCUT2D eigenvalue weighted by Gasteiger charge is -2.11. The third-order valence-corrected chi connectivity index (χ3v) is 4.17. The number of anilines is 1. The van der Waals surface area contributed by atoms with Crippen LogP contribution >= 0.6 is 43.5 Å². The van der Waals surface area contributed by atoms with Crippen LogP contribution < -0.4 is 10.1 Å². The minimum absolute atomic E-state index is 0.104. The van der Waals surface area contributed by atoms with Crippen molar-refractivity contribution in [3.8, 4) is 5.75 Å². The fourth-order valence-corrected chi connectivity index (χ4v) is 3.53. The summed E-state index contributed by atoms with van der Waals surface area (Å²) in [5.41, 5.74) is 1.35. The van der Waals surface area contributed by atoms with Gasteiger partial charge in [0.25, 0.3) is 0 Å². The summed E-state index contributed by atoms with van der Waals surface area (Å²) in [6.45, 7) is 0.471. The molecule has 0 aromatic heterocycles. The lowest BCUT2D eigenvalue weighted by Crippen LogP contribution is -2.02. The molecule has 2 aromatic rings. The normalized spacial score (nSPS) is 10.4. The Morgan fingerprint density at radius 3 is 2.50 bits per heavy atom. The Morgan fingerprint density at radius 2 is 1.90 bits per heavy atom. The molecule has 2 nitrogen and oxygen atoms in total. The topological polar surface area (TPSA) is 21.3 Å². The lowest BCUT2D eigenvalue weighted by atomic mass is 10.2. The smallest absolute Gasteiger partial charge is 0.164 e. The summed E-state index contributed by atoms with van der Waals surface area (Å²) >= 11 is 12.6. The molecule has 0 unspecified atom stereocenters. The zero-order chi connectivity index (χ0) is 14.7. The Bertz CT molecular complexity index is 614. The van der Waals surface area contributed by atoms with Gasteiger partial charge in [0.15, 0.2) is 5.82 Å². The molecule has 0 radical (unpaired) electrons. The van der Waals surface area contributed by atoms with Gasteiger partial charge in [-0.15, -0.1) is 0 Å². The first-order valence-electron chi connectivity index (χ1n) is 5.72. The summed E-state index contributed by atoms with van der Waals surface area (Å²) in [6.07, 6.45) is 0. The molecular weight excluding hydrogens is 412 g/mol. The van der Waals surface area contributed by atoms with Crippen LogP contribution in [0, 0.1) is 5.82 Å². The predicted molar refractivity (Wildman–Crippen MR) is 87.1 cm³/mol. The maximum Gasteiger partial charge on any atom is 0.164 e. The second-order valence-electron chi connectivity index (χ2n) is 4.05. The molecule has 0 saturated heterocycles. The number of halogens is 4. The summed E-state index contributed by atoms with van der Waals surface area (Å²) in [5.74, 6) is 0.281. The Labute approximate surface area is 138 Å². The molecule has 2 aromatic carbocycles. The van der Waals surface area contributed by atoms with Crippen molar-refractivity contribution < 1.29 is 9.13 Å². The van der Waals surface area contributed by atoms with Crippen molar-refractivity contribution >= 4 is 49.1 Å². The molecule has 0 fully saturated rings. The van der Waals surface area contributed by atoms with E-state index in [9.17, 15) is 4.39 Å². The van der Waals surface area contributed by atoms with E-state index < -0.39 is 5.82 Å². The highest BCUT2D eigenvalue weighted by Crippen LogP contribution is 2.34. The van der Waals surface area contributed by atoms with Crippen LogP contribution in [0.4, 0.5) is 10.1 Å². The largest absolute Gasteiger partial charge is 0.494 e. The van der Waals surface area contributed by atoms with E-state index in [0.717, 1.165) is 20.3 Å². The van der Waals surface area contributed by atoms with E-state index in [-0.39, 0.29) is 5.02 Å². The first-order valence-corrected chi connectivity index (χ1v) is 7.69. The van der Waals surface area contributed by atoms with Gasteiger partial charge < -0.3 is 10.1 Å². The molecule has 0 amide bonds. The average molecular weight is 424 g/mol. The third-order valence-electron chi connectivity index (χ3n) is 2.70. The Morgan fingerprint density at radius 1 is 1.25 bits per heavy atom. The van der Waals surface area contributed by atoms with Crippen LogP contribution in [0.25, 0.3) is 0 Å². The number of rotatable bonds is 4. The van der Waals surface area contributed by atoms with Gasteiger partial charge in [0.1, 0.15) is 5.75 Å². The highest BCUT2D eigenvalue weighted by atomic mass is 79.9. The van der Waals surface area contributed by atoms with Gasteiger partial charge in [0, 0.05) is 6.54 Å². The molecule has 20 heavy (non-hydrogen) atoms. The minimum Gasteiger partial charge on any atom is -0.494 e. The summed E-state index contributed by atoms with van der Waals surface area (Å²) in [4.78, 5) is 0. The van der Waals surface area contributed by atoms with Crippen molar-refractivity contribution in [2.45, 2.75) is 6.54 Å². The molecule has 0 saturated carbocycles. The van der Waals surface area contributed by atoms with E-state index in [0.29, 0.717) is 12.2 Å². The number of nitrogens with one attached hydrogen (secondary N) is 1. The van der Waals surface area contributed by atoms with Crippen molar-refractivity contribution in [1.82, 2.24) is 0 Å². The van der Waals surface area contributed by atoms with Gasteiger partial charge >= 0.3 is 0 Å². The molecule has 0 bridgehead atoms. The van der Waals surface area contributed by atoms with E-state index >= 15 is 0 Å². The summed E-state index contributed by atoms with van der Waals surface area (Å²) in [6, 6.07) is 8.70. The summed E-state index contributed by atoms with van der Waals surface area (Å²) < 4.78 is 20.6. The van der Waals surface area contributed by atoms with Gasteiger partial charge in [-0.1, -0.05) is 17.7 Å². The highest BCUT2D eigenvalue weighted by molar-refractivity contribution is 9.11. The van der Waals surface area contributed by atoms with Crippen molar-refractivity contribution in [3.05, 3.63) is 55.7 Å². The molecular formula is C14H11Br2ClFNO. The second-order valence-corrected chi connectivity index (χ2v) is 6.16. The molecule has 0 aliphatic rings. The zero-order valence-electron chi connectivity index (χ0n) is 10.5. The standard InChI is InChI=1S/C14H11Br2ClFNO/c1-20-14-9(15)5-8(6-10(14)16)7-19-12-4-2-3-11(17)13(12)18/h2-6,19H,7H2,1H3. The number of hydrogen-bond donors (Lipinski definition) is 1. The summed E-state index contributed by atoms with van der Waals surface area (Å²) in [5, 5.41) is 3.12. The maximum absolute atomic E-state index is 13.7. The van der Waals surface area contributed by atoms with Gasteiger partial charge in [0.2, 0.25) is 0 Å². The van der Waals surface area contributed by atoms with Gasteiger partial charge in [-0.2, -0.15) is 0 Å². The van der Waals surface area contributed by atoms with Gasteiger partial charge in [0.05, 0.1) is 26.8 Å². The number of ether oxygens (including phenoxy) is 1. The monoisotopic (exact) mass is 421 g/mol. The number of benzene rings is 2. The maximum atomic E-state index is 13.7. The first kappa shape index (κ1) is 15.6. The lowest BCUT2D eigenvalue weighted by molar-refractivity contribution is 0.409. The van der Waals surface area contributed by atoms with Crippen molar-refractivity contribution in [3.63, 3.8) is 0 Å². The van der Waals surface area contributed by atoms with Gasteiger partial charge in [-0.05, 0) is 61.7 Å². The van der Waals surface area contributed by atoms with E-state index in [1.165, 1.54) is 6.07 Å². The zero-order valence-corrected chi connectivity index (χ0v) is 14.4. The van der Waals surface area contributed by atoms with E-state index in [1.54, 1.807) is 19.2 Å². The molecule has 0 heterocycles. The first-order chi connectivity index (χ1) is 9.52. The Balaban J connectivity index is 2.17. The van der Waals surface area contributed by atoms with Crippen molar-refractivity contribution in [2.24, 2.45) is 0 Å². The van der Waals surface area contributed by atoms with Crippen molar-refractivity contribution in [2.75, 3.05) is 12.4 Å². The van der Waals surface area contributed by atoms with Crippen LogP contribution in [-0.4, -0.2) is 7.11 Å². The van der Waals surface area contributed by atoms with Crippen LogP contribution in [0.2, 0.25) is 5.02 Å². The molecule has 0 spiro atoms. The van der Waals surface area contributed by atoms with E-state index in [4.69, 9.17) is 16.3 Å². The second kappa shape index (κ2) is 6.78. The van der Waals surface area contributed by atoms with E-state index in [1.807, 2.05) is 12.1 Å². The molecule has 0 atom stereocenters. The molecule has 2 rings (SSSR count). The average Bonchev–Trinajstić information content (AvgIpc) is 2.40. The van der Waals surface area contributed by atoms with Crippen molar-refractivity contribution in [1.29, 1.82) is 0 Å². The van der Waals surface area contributed by atoms with Crippen LogP contribution in [0.3, 0.4) is 0 Å². The molecule has 0 aliphatic carbocycles. The molecule has 1 N–H and O–H groups in total. The van der Waals surface area contributed by atoms with E-state index in [2.05, 4.69) is 37.2 Å². The summed E-state index contributed by atoms with van der Waals surface area (Å²) in [7, 11) is 1.60. The fraction of sp³-hybridized carbons (Fsp3) is 0.143. The van der Waals surface area contributed by atoms with Crippen LogP contribution in [0.5, 0.6) is 5.75 Å². The minimum atomic E-state index is -0.444. The fourth-order valence-electron chi connectivity index (χ4n) is 1.75. The highest BCUT2D eigenvalue weighted by Gasteiger charge is 2.09. The quantitative estimate of drug-likeness (QED) is 0.689. The van der Waals surface area contributed by atoms with Crippen LogP contribution in [-0.2, 0) is 6.54 Å². The molecule has 0 aliphatic heterocycles. The van der Waals surface area contributed by atoms with Gasteiger partial charge in [-0.25, -0.2) is 4.39 Å². The molecule has 6 heteroatoms. The third kappa shape index (κ3) is 3.45. The number of methoxy groups -OCH3 is 1. The van der Waals surface area contributed by atoms with Crippen LogP contribution in [0.15, 0.2) is 39.3 Å². The molecule has 106 valence electrons. The SMILES string of the molecule is COc1c(Br)cc(CNc2cccc(Cl)c2F)cc1Br. The predicted octanol–water partition coefficient (Wildman–Crippen LogP) is 5.62. The Kier molecular flexibility index (Phi) is 5.29.